The second-order valence-corrected chi connectivity index (χ2v) is 4.24. The van der Waals surface area contributed by atoms with Crippen LogP contribution < -0.4 is 5.73 Å². The number of hydrogen-bond acceptors (Lipinski definition) is 4. The molecule has 19 heavy (non-hydrogen) atoms. The van der Waals surface area contributed by atoms with Crippen molar-refractivity contribution < 1.29 is 13.2 Å². The summed E-state index contributed by atoms with van der Waals surface area (Å²) < 4.78 is 37.6. The van der Waals surface area contributed by atoms with Crippen LogP contribution in [0, 0.1) is 0 Å². The Hall–Kier alpha value is -1.83. The summed E-state index contributed by atoms with van der Waals surface area (Å²) in [6.07, 6.45) is -5.30. The van der Waals surface area contributed by atoms with Gasteiger partial charge in [-0.05, 0) is 28.6 Å². The predicted molar refractivity (Wildman–Crippen MR) is 63.3 cm³/mol. The third kappa shape index (κ3) is 3.34. The van der Waals surface area contributed by atoms with Crippen LogP contribution in [0.25, 0.3) is 11.4 Å². The van der Waals surface area contributed by atoms with Crippen molar-refractivity contribution in [3.05, 3.63) is 23.2 Å². The van der Waals surface area contributed by atoms with Crippen LogP contribution in [-0.2, 0) is 6.54 Å². The number of aryl methyl sites for hydroxylation is 1. The van der Waals surface area contributed by atoms with Crippen molar-refractivity contribution in [1.29, 1.82) is 0 Å². The van der Waals surface area contributed by atoms with Gasteiger partial charge in [-0.3, -0.25) is 0 Å². The van der Waals surface area contributed by atoms with E-state index in [1.165, 1.54) is 12.1 Å². The molecule has 2 aromatic rings. The van der Waals surface area contributed by atoms with Crippen molar-refractivity contribution in [3.8, 4) is 11.4 Å². The Labute approximate surface area is 111 Å². The molecule has 0 aliphatic carbocycles. The minimum Gasteiger partial charge on any atom is -0.399 e. The Morgan fingerprint density at radius 3 is 2.74 bits per heavy atom. The van der Waals surface area contributed by atoms with E-state index in [1.54, 1.807) is 6.07 Å². The molecular formula is C10H9ClF3N5. The summed E-state index contributed by atoms with van der Waals surface area (Å²) in [5.41, 5.74) is 6.43. The highest BCUT2D eigenvalue weighted by atomic mass is 35.5. The first-order chi connectivity index (χ1) is 8.87. The first-order valence-corrected chi connectivity index (χ1v) is 5.63. The maximum atomic E-state index is 12.2. The number of rotatable bonds is 3. The molecule has 1 aromatic carbocycles. The molecule has 9 heteroatoms. The summed E-state index contributed by atoms with van der Waals surface area (Å²) in [7, 11) is 0. The SMILES string of the molecule is Nc1ccc(Cl)c(-c2nnnn2CCC(F)(F)F)c1. The highest BCUT2D eigenvalue weighted by molar-refractivity contribution is 6.33. The van der Waals surface area contributed by atoms with E-state index in [-0.39, 0.29) is 12.4 Å². The maximum absolute atomic E-state index is 12.2. The van der Waals surface area contributed by atoms with Gasteiger partial charge in [-0.15, -0.1) is 5.10 Å². The van der Waals surface area contributed by atoms with Crippen molar-refractivity contribution in [3.63, 3.8) is 0 Å². The molecule has 0 spiro atoms. The number of anilines is 1. The normalized spacial score (nSPS) is 11.8. The summed E-state index contributed by atoms with van der Waals surface area (Å²) in [5.74, 6) is 0.154. The Bertz CT molecular complexity index is 581. The molecule has 2 rings (SSSR count). The van der Waals surface area contributed by atoms with E-state index in [1.807, 2.05) is 0 Å². The molecule has 5 nitrogen and oxygen atoms in total. The van der Waals surface area contributed by atoms with E-state index in [9.17, 15) is 13.2 Å². The zero-order chi connectivity index (χ0) is 14.0. The Morgan fingerprint density at radius 1 is 1.32 bits per heavy atom. The van der Waals surface area contributed by atoms with Gasteiger partial charge in [-0.2, -0.15) is 13.2 Å². The van der Waals surface area contributed by atoms with E-state index in [0.29, 0.717) is 16.3 Å². The zero-order valence-corrected chi connectivity index (χ0v) is 10.3. The van der Waals surface area contributed by atoms with Crippen LogP contribution in [0.15, 0.2) is 18.2 Å². The van der Waals surface area contributed by atoms with Crippen LogP contribution in [0.1, 0.15) is 6.42 Å². The Balaban J connectivity index is 2.31. The van der Waals surface area contributed by atoms with E-state index in [0.717, 1.165) is 4.68 Å². The number of alkyl halides is 3. The fourth-order valence-corrected chi connectivity index (χ4v) is 1.70. The van der Waals surface area contributed by atoms with Gasteiger partial charge in [0.2, 0.25) is 0 Å². The smallest absolute Gasteiger partial charge is 0.390 e. The van der Waals surface area contributed by atoms with Crippen molar-refractivity contribution >= 4 is 17.3 Å². The maximum Gasteiger partial charge on any atom is 0.390 e. The van der Waals surface area contributed by atoms with E-state index in [4.69, 9.17) is 17.3 Å². The molecule has 0 atom stereocenters. The summed E-state index contributed by atoms with van der Waals surface area (Å²) in [6, 6.07) is 4.63. The highest BCUT2D eigenvalue weighted by Gasteiger charge is 2.27. The van der Waals surface area contributed by atoms with Gasteiger partial charge in [0.15, 0.2) is 5.82 Å². The molecular weight excluding hydrogens is 283 g/mol. The molecule has 102 valence electrons. The Kier molecular flexibility index (Phi) is 3.61. The third-order valence-corrected chi connectivity index (χ3v) is 2.70. The van der Waals surface area contributed by atoms with Crippen molar-refractivity contribution in [2.75, 3.05) is 5.73 Å². The van der Waals surface area contributed by atoms with Gasteiger partial charge >= 0.3 is 6.18 Å². The van der Waals surface area contributed by atoms with Crippen LogP contribution in [0.5, 0.6) is 0 Å². The molecule has 0 saturated heterocycles. The molecule has 0 amide bonds. The van der Waals surface area contributed by atoms with E-state index < -0.39 is 12.6 Å². The Morgan fingerprint density at radius 2 is 2.05 bits per heavy atom. The van der Waals surface area contributed by atoms with Crippen molar-refractivity contribution in [2.24, 2.45) is 0 Å². The number of hydrogen-bond donors (Lipinski definition) is 1. The number of nitrogen functional groups attached to an aromatic ring is 1. The molecule has 1 aromatic heterocycles. The van der Waals surface area contributed by atoms with Crippen LogP contribution in [-0.4, -0.2) is 26.4 Å². The van der Waals surface area contributed by atoms with Gasteiger partial charge in [0.25, 0.3) is 0 Å². The van der Waals surface area contributed by atoms with Crippen molar-refractivity contribution in [2.45, 2.75) is 19.1 Å². The van der Waals surface area contributed by atoms with E-state index >= 15 is 0 Å². The van der Waals surface area contributed by atoms with Crippen molar-refractivity contribution in [1.82, 2.24) is 20.2 Å². The first-order valence-electron chi connectivity index (χ1n) is 5.25. The molecule has 1 heterocycles. The predicted octanol–water partition coefficient (Wildman–Crippen LogP) is 2.53. The molecule has 0 fully saturated rings. The largest absolute Gasteiger partial charge is 0.399 e. The van der Waals surface area contributed by atoms with E-state index in [2.05, 4.69) is 15.5 Å². The number of benzene rings is 1. The summed E-state index contributed by atoms with van der Waals surface area (Å²) >= 11 is 5.96. The second kappa shape index (κ2) is 5.04. The monoisotopic (exact) mass is 291 g/mol. The first kappa shape index (κ1) is 13.6. The fourth-order valence-electron chi connectivity index (χ4n) is 1.50. The molecule has 2 N–H and O–H groups in total. The fraction of sp³-hybridized carbons (Fsp3) is 0.300. The van der Waals surface area contributed by atoms with Gasteiger partial charge < -0.3 is 5.73 Å². The minimum absolute atomic E-state index is 0.154. The topological polar surface area (TPSA) is 69.6 Å². The van der Waals surface area contributed by atoms with Crippen LogP contribution in [0.2, 0.25) is 5.02 Å². The van der Waals surface area contributed by atoms with Crippen LogP contribution >= 0.6 is 11.6 Å². The average molecular weight is 292 g/mol. The quantitative estimate of drug-likeness (QED) is 0.882. The van der Waals surface area contributed by atoms with Crippen LogP contribution in [0.3, 0.4) is 0 Å². The summed E-state index contributed by atoms with van der Waals surface area (Å²) in [5, 5.41) is 10.9. The highest BCUT2D eigenvalue weighted by Crippen LogP contribution is 2.28. The minimum atomic E-state index is -4.28. The van der Waals surface area contributed by atoms with Crippen LogP contribution in [0.4, 0.5) is 18.9 Å². The summed E-state index contributed by atoms with van der Waals surface area (Å²) in [6.45, 7) is -0.378. The lowest BCUT2D eigenvalue weighted by Crippen LogP contribution is -2.14. The molecule has 0 aliphatic rings. The van der Waals surface area contributed by atoms with Gasteiger partial charge in [0, 0.05) is 11.3 Å². The second-order valence-electron chi connectivity index (χ2n) is 3.83. The molecule has 0 bridgehead atoms. The van der Waals surface area contributed by atoms with Gasteiger partial charge in [0.1, 0.15) is 0 Å². The lowest BCUT2D eigenvalue weighted by atomic mass is 10.2. The lowest BCUT2D eigenvalue weighted by Gasteiger charge is -2.08. The van der Waals surface area contributed by atoms with Gasteiger partial charge in [-0.1, -0.05) is 11.6 Å². The zero-order valence-electron chi connectivity index (χ0n) is 9.52. The average Bonchev–Trinajstić information content (AvgIpc) is 2.77. The number of tetrazole rings is 1. The molecule has 0 saturated carbocycles. The standard InChI is InChI=1S/C10H9ClF3N5/c11-8-2-1-6(15)5-7(8)9-16-17-18-19(9)4-3-10(12,13)14/h1-2,5H,3-4,15H2. The van der Waals surface area contributed by atoms with Gasteiger partial charge in [0.05, 0.1) is 18.0 Å². The third-order valence-electron chi connectivity index (χ3n) is 2.37. The number of nitrogens with two attached hydrogens (primary N) is 1. The number of nitrogens with zero attached hydrogens (tertiary/aromatic N) is 4. The number of halogens is 4. The lowest BCUT2D eigenvalue weighted by molar-refractivity contribution is -0.137. The van der Waals surface area contributed by atoms with Gasteiger partial charge in [-0.25, -0.2) is 4.68 Å². The summed E-state index contributed by atoms with van der Waals surface area (Å²) in [4.78, 5) is 0. The molecule has 0 radical (unpaired) electrons. The molecule has 0 unspecified atom stereocenters. The molecule has 0 aliphatic heterocycles. The number of aromatic nitrogens is 4.